The summed E-state index contributed by atoms with van der Waals surface area (Å²) in [5, 5.41) is 0. The number of hydrogen-bond acceptors (Lipinski definition) is 5. The average molecular weight is 460 g/mol. The van der Waals surface area contributed by atoms with E-state index in [1.165, 1.54) is 10.6 Å². The molecule has 1 heterocycles. The maximum Gasteiger partial charge on any atom is 0.232 e. The van der Waals surface area contributed by atoms with E-state index in [1.54, 1.807) is 7.11 Å². The summed E-state index contributed by atoms with van der Waals surface area (Å²) in [6.45, 7) is 7.06. The van der Waals surface area contributed by atoms with E-state index in [0.29, 0.717) is 38.2 Å². The second-order valence-corrected chi connectivity index (χ2v) is 10.1. The third-order valence-corrected chi connectivity index (χ3v) is 7.25. The summed E-state index contributed by atoms with van der Waals surface area (Å²) in [6.07, 6.45) is 2.03. The molecule has 1 saturated heterocycles. The highest BCUT2D eigenvalue weighted by Gasteiger charge is 2.23. The van der Waals surface area contributed by atoms with E-state index in [9.17, 15) is 13.2 Å². The van der Waals surface area contributed by atoms with Crippen molar-refractivity contribution in [1.29, 1.82) is 0 Å². The molecular weight excluding hydrogens is 426 g/mol. The smallest absolute Gasteiger partial charge is 0.232 e. The summed E-state index contributed by atoms with van der Waals surface area (Å²) >= 11 is 0. The lowest BCUT2D eigenvalue weighted by molar-refractivity contribution is -0.131. The molecule has 0 aliphatic carbocycles. The van der Waals surface area contributed by atoms with Crippen molar-refractivity contribution in [3.05, 3.63) is 53.6 Å². The van der Waals surface area contributed by atoms with Crippen molar-refractivity contribution < 1.29 is 17.9 Å². The maximum atomic E-state index is 12.7. The standard InChI is InChI=1S/C24H33N3O4S/c1-19-7-5-8-23(20(19)2)27(32(4,29)30)14-6-9-24(28)26-17-15-25(16-18-26)21-10-12-22(31-3)13-11-21/h5,7-8,10-13H,6,9,14-18H2,1-4H3. The van der Waals surface area contributed by atoms with E-state index in [0.717, 1.165) is 35.7 Å². The summed E-state index contributed by atoms with van der Waals surface area (Å²) in [7, 11) is -1.78. The number of benzene rings is 2. The Labute approximate surface area is 191 Å². The van der Waals surface area contributed by atoms with Crippen LogP contribution >= 0.6 is 0 Å². The fraction of sp³-hybridized carbons (Fsp3) is 0.458. The van der Waals surface area contributed by atoms with E-state index < -0.39 is 10.0 Å². The summed E-state index contributed by atoms with van der Waals surface area (Å²) in [6, 6.07) is 13.6. The number of carbonyl (C=O) groups excluding carboxylic acids is 1. The highest BCUT2D eigenvalue weighted by molar-refractivity contribution is 7.92. The largest absolute Gasteiger partial charge is 0.497 e. The zero-order chi connectivity index (χ0) is 23.3. The van der Waals surface area contributed by atoms with Crippen molar-refractivity contribution in [1.82, 2.24) is 4.90 Å². The number of aryl methyl sites for hydroxylation is 1. The van der Waals surface area contributed by atoms with Gasteiger partial charge in [-0.2, -0.15) is 0 Å². The molecule has 7 nitrogen and oxygen atoms in total. The number of methoxy groups -OCH3 is 1. The van der Waals surface area contributed by atoms with Crippen LogP contribution in [0.4, 0.5) is 11.4 Å². The Hall–Kier alpha value is -2.74. The van der Waals surface area contributed by atoms with Crippen LogP contribution in [0.15, 0.2) is 42.5 Å². The van der Waals surface area contributed by atoms with Crippen LogP contribution in [0.3, 0.4) is 0 Å². The van der Waals surface area contributed by atoms with Gasteiger partial charge < -0.3 is 14.5 Å². The maximum absolute atomic E-state index is 12.7. The van der Waals surface area contributed by atoms with Gasteiger partial charge in [-0.05, 0) is 61.7 Å². The topological polar surface area (TPSA) is 70.2 Å². The first-order valence-corrected chi connectivity index (χ1v) is 12.8. The van der Waals surface area contributed by atoms with Gasteiger partial charge >= 0.3 is 0 Å². The third kappa shape index (κ3) is 5.73. The van der Waals surface area contributed by atoms with Crippen LogP contribution in [-0.4, -0.2) is 65.3 Å². The molecule has 0 unspecified atom stereocenters. The van der Waals surface area contributed by atoms with E-state index in [1.807, 2.05) is 61.2 Å². The first-order chi connectivity index (χ1) is 15.2. The highest BCUT2D eigenvalue weighted by atomic mass is 32.2. The van der Waals surface area contributed by atoms with Crippen LogP contribution in [0, 0.1) is 13.8 Å². The summed E-state index contributed by atoms with van der Waals surface area (Å²) < 4.78 is 31.4. The van der Waals surface area contributed by atoms with E-state index in [2.05, 4.69) is 4.90 Å². The SMILES string of the molecule is COc1ccc(N2CCN(C(=O)CCCN(c3cccc(C)c3C)S(C)(=O)=O)CC2)cc1. The van der Waals surface area contributed by atoms with Crippen LogP contribution in [0.5, 0.6) is 5.75 Å². The molecule has 0 spiro atoms. The molecule has 174 valence electrons. The van der Waals surface area contributed by atoms with Gasteiger partial charge in [0, 0.05) is 44.8 Å². The molecule has 1 aliphatic rings. The van der Waals surface area contributed by atoms with E-state index in [4.69, 9.17) is 4.74 Å². The molecule has 1 aliphatic heterocycles. The molecule has 1 fully saturated rings. The normalized spacial score (nSPS) is 14.4. The highest BCUT2D eigenvalue weighted by Crippen LogP contribution is 2.25. The second-order valence-electron chi connectivity index (χ2n) is 8.22. The number of ether oxygens (including phenoxy) is 1. The lowest BCUT2D eigenvalue weighted by atomic mass is 10.1. The Bertz CT molecular complexity index is 1030. The van der Waals surface area contributed by atoms with Crippen LogP contribution in [-0.2, 0) is 14.8 Å². The van der Waals surface area contributed by atoms with Crippen molar-refractivity contribution in [3.63, 3.8) is 0 Å². The molecule has 8 heteroatoms. The van der Waals surface area contributed by atoms with Crippen molar-refractivity contribution >= 4 is 27.3 Å². The van der Waals surface area contributed by atoms with Gasteiger partial charge in [0.15, 0.2) is 0 Å². The van der Waals surface area contributed by atoms with Crippen molar-refractivity contribution in [2.75, 3.05) is 55.3 Å². The molecule has 0 saturated carbocycles. The van der Waals surface area contributed by atoms with Gasteiger partial charge in [0.2, 0.25) is 15.9 Å². The molecule has 0 aromatic heterocycles. The van der Waals surface area contributed by atoms with Crippen LogP contribution in [0.2, 0.25) is 0 Å². The van der Waals surface area contributed by atoms with Crippen LogP contribution in [0.25, 0.3) is 0 Å². The number of piperazine rings is 1. The van der Waals surface area contributed by atoms with Crippen molar-refractivity contribution in [3.8, 4) is 5.75 Å². The lowest BCUT2D eigenvalue weighted by Gasteiger charge is -2.36. The number of rotatable bonds is 8. The number of anilines is 2. The van der Waals surface area contributed by atoms with Crippen LogP contribution < -0.4 is 13.9 Å². The average Bonchev–Trinajstić information content (AvgIpc) is 2.78. The minimum absolute atomic E-state index is 0.0776. The molecule has 0 N–H and O–H groups in total. The fourth-order valence-electron chi connectivity index (χ4n) is 4.01. The van der Waals surface area contributed by atoms with E-state index >= 15 is 0 Å². The molecule has 0 atom stereocenters. The number of hydrogen-bond donors (Lipinski definition) is 0. The molecule has 2 aromatic carbocycles. The Morgan fingerprint density at radius 1 is 1.03 bits per heavy atom. The molecule has 1 amide bonds. The number of carbonyl (C=O) groups is 1. The minimum Gasteiger partial charge on any atom is -0.497 e. The van der Waals surface area contributed by atoms with Crippen molar-refractivity contribution in [2.45, 2.75) is 26.7 Å². The third-order valence-electron chi connectivity index (χ3n) is 6.07. The van der Waals surface area contributed by atoms with Gasteiger partial charge in [0.05, 0.1) is 19.1 Å². The first kappa shape index (κ1) is 23.9. The molecule has 2 aromatic rings. The molecule has 3 rings (SSSR count). The quantitative estimate of drug-likeness (QED) is 0.606. The Balaban J connectivity index is 1.53. The monoisotopic (exact) mass is 459 g/mol. The molecule has 32 heavy (non-hydrogen) atoms. The zero-order valence-electron chi connectivity index (χ0n) is 19.4. The Morgan fingerprint density at radius 3 is 2.28 bits per heavy atom. The van der Waals surface area contributed by atoms with Gasteiger partial charge in [0.1, 0.15) is 5.75 Å². The predicted molar refractivity (Wildman–Crippen MR) is 129 cm³/mol. The first-order valence-electron chi connectivity index (χ1n) is 10.9. The fourth-order valence-corrected chi connectivity index (χ4v) is 5.03. The number of nitrogens with zero attached hydrogens (tertiary/aromatic N) is 3. The zero-order valence-corrected chi connectivity index (χ0v) is 20.2. The molecular formula is C24H33N3O4S. The molecule has 0 radical (unpaired) electrons. The summed E-state index contributed by atoms with van der Waals surface area (Å²) in [5.74, 6) is 0.903. The summed E-state index contributed by atoms with van der Waals surface area (Å²) in [5.41, 5.74) is 3.80. The lowest BCUT2D eigenvalue weighted by Crippen LogP contribution is -2.48. The Morgan fingerprint density at radius 2 is 1.69 bits per heavy atom. The van der Waals surface area contributed by atoms with Gasteiger partial charge in [-0.1, -0.05) is 12.1 Å². The summed E-state index contributed by atoms with van der Waals surface area (Å²) in [4.78, 5) is 16.9. The van der Waals surface area contributed by atoms with Gasteiger partial charge in [0.25, 0.3) is 0 Å². The second kappa shape index (κ2) is 10.3. The van der Waals surface area contributed by atoms with Gasteiger partial charge in [-0.25, -0.2) is 8.42 Å². The molecule has 0 bridgehead atoms. The minimum atomic E-state index is -3.43. The van der Waals surface area contributed by atoms with Gasteiger partial charge in [-0.15, -0.1) is 0 Å². The number of sulfonamides is 1. The van der Waals surface area contributed by atoms with E-state index in [-0.39, 0.29) is 5.91 Å². The van der Waals surface area contributed by atoms with Crippen molar-refractivity contribution in [2.24, 2.45) is 0 Å². The van der Waals surface area contributed by atoms with Crippen LogP contribution in [0.1, 0.15) is 24.0 Å². The Kier molecular flexibility index (Phi) is 7.66. The number of amides is 1. The van der Waals surface area contributed by atoms with Gasteiger partial charge in [-0.3, -0.25) is 9.10 Å². The predicted octanol–water partition coefficient (Wildman–Crippen LogP) is 3.21.